The summed E-state index contributed by atoms with van der Waals surface area (Å²) in [6.45, 7) is 2.46. The van der Waals surface area contributed by atoms with Crippen LogP contribution in [0.5, 0.6) is 0 Å². The van der Waals surface area contributed by atoms with Crippen molar-refractivity contribution in [3.8, 4) is 0 Å². The summed E-state index contributed by atoms with van der Waals surface area (Å²) in [6.07, 6.45) is 1.31. The van der Waals surface area contributed by atoms with Crippen molar-refractivity contribution in [2.45, 2.75) is 6.92 Å². The van der Waals surface area contributed by atoms with Crippen LogP contribution in [0.25, 0.3) is 0 Å². The monoisotopic (exact) mass is 295 g/mol. The van der Waals surface area contributed by atoms with E-state index in [1.54, 1.807) is 23.1 Å². The van der Waals surface area contributed by atoms with Crippen molar-refractivity contribution in [2.75, 3.05) is 11.4 Å². The molecule has 5 heteroatoms. The summed E-state index contributed by atoms with van der Waals surface area (Å²) in [6, 6.07) is 13.7. The van der Waals surface area contributed by atoms with Crippen LogP contribution in [0.4, 0.5) is 10.1 Å². The number of benzene rings is 2. The standard InChI is InChI=1S/C17H14FN3O/c1-2-21-15-10-6-4-8-13(15)16(17(21)22)20-19-11-12-7-3-5-9-14(12)18/h3-11H,2H2,1H3/b19-11-,20-16+. The van der Waals surface area contributed by atoms with Crippen LogP contribution in [0.3, 0.4) is 0 Å². The van der Waals surface area contributed by atoms with Crippen molar-refractivity contribution in [1.29, 1.82) is 0 Å². The van der Waals surface area contributed by atoms with Crippen LogP contribution in [-0.2, 0) is 4.79 Å². The smallest absolute Gasteiger partial charge is 0.279 e. The molecule has 1 heterocycles. The molecule has 2 aromatic rings. The van der Waals surface area contributed by atoms with Crippen molar-refractivity contribution >= 4 is 23.5 Å². The predicted molar refractivity (Wildman–Crippen MR) is 85.0 cm³/mol. The number of carbonyl (C=O) groups excluding carboxylic acids is 1. The van der Waals surface area contributed by atoms with Crippen molar-refractivity contribution in [1.82, 2.24) is 0 Å². The Labute approximate surface area is 127 Å². The van der Waals surface area contributed by atoms with Crippen molar-refractivity contribution in [3.63, 3.8) is 0 Å². The van der Waals surface area contributed by atoms with Crippen molar-refractivity contribution in [2.24, 2.45) is 10.2 Å². The zero-order valence-corrected chi connectivity index (χ0v) is 12.0. The van der Waals surface area contributed by atoms with Gasteiger partial charge in [0.05, 0.1) is 11.9 Å². The van der Waals surface area contributed by atoms with Gasteiger partial charge in [0.25, 0.3) is 5.91 Å². The fourth-order valence-corrected chi connectivity index (χ4v) is 2.40. The molecule has 0 radical (unpaired) electrons. The summed E-state index contributed by atoms with van der Waals surface area (Å²) >= 11 is 0. The molecule has 1 amide bonds. The molecule has 0 spiro atoms. The Morgan fingerprint density at radius 3 is 2.64 bits per heavy atom. The van der Waals surface area contributed by atoms with Gasteiger partial charge in [0.1, 0.15) is 5.82 Å². The van der Waals surface area contributed by atoms with Crippen LogP contribution in [-0.4, -0.2) is 24.4 Å². The van der Waals surface area contributed by atoms with Gasteiger partial charge in [-0.1, -0.05) is 36.4 Å². The Bertz CT molecular complexity index is 783. The maximum absolute atomic E-state index is 13.5. The molecule has 0 unspecified atom stereocenters. The van der Waals surface area contributed by atoms with Gasteiger partial charge >= 0.3 is 0 Å². The van der Waals surface area contributed by atoms with Crippen LogP contribution < -0.4 is 4.90 Å². The SMILES string of the molecule is CCN1C(=O)/C(=N/N=C\c2ccccc2F)c2ccccc21. The fraction of sp³-hybridized carbons (Fsp3) is 0.118. The van der Waals surface area contributed by atoms with Crippen LogP contribution in [0.2, 0.25) is 0 Å². The fourth-order valence-electron chi connectivity index (χ4n) is 2.40. The molecule has 0 aromatic heterocycles. The molecule has 0 aliphatic carbocycles. The second-order valence-corrected chi connectivity index (χ2v) is 4.78. The first-order valence-electron chi connectivity index (χ1n) is 6.99. The van der Waals surface area contributed by atoms with Crippen LogP contribution in [0.1, 0.15) is 18.1 Å². The topological polar surface area (TPSA) is 45.0 Å². The maximum Gasteiger partial charge on any atom is 0.279 e. The van der Waals surface area contributed by atoms with Crippen molar-refractivity contribution in [3.05, 3.63) is 65.5 Å². The Morgan fingerprint density at radius 1 is 1.14 bits per heavy atom. The minimum Gasteiger partial charge on any atom is -0.307 e. The van der Waals surface area contributed by atoms with E-state index in [9.17, 15) is 9.18 Å². The highest BCUT2D eigenvalue weighted by atomic mass is 19.1. The van der Waals surface area contributed by atoms with Gasteiger partial charge in [-0.05, 0) is 19.1 Å². The van der Waals surface area contributed by atoms with Crippen molar-refractivity contribution < 1.29 is 9.18 Å². The van der Waals surface area contributed by atoms with Crippen LogP contribution in [0.15, 0.2) is 58.7 Å². The number of hydrogen-bond acceptors (Lipinski definition) is 3. The molecule has 0 saturated carbocycles. The molecular weight excluding hydrogens is 281 g/mol. The summed E-state index contributed by atoms with van der Waals surface area (Å²) in [5.41, 5.74) is 2.19. The number of halogens is 1. The van der Waals surface area contributed by atoms with E-state index < -0.39 is 0 Å². The first-order chi connectivity index (χ1) is 10.7. The number of nitrogens with zero attached hydrogens (tertiary/aromatic N) is 3. The van der Waals surface area contributed by atoms with E-state index in [0.717, 1.165) is 11.3 Å². The molecule has 3 rings (SSSR count). The van der Waals surface area contributed by atoms with E-state index in [1.807, 2.05) is 31.2 Å². The third-order valence-electron chi connectivity index (χ3n) is 3.47. The van der Waals surface area contributed by atoms with E-state index in [1.165, 1.54) is 12.3 Å². The number of amides is 1. The van der Waals surface area contributed by atoms with E-state index in [2.05, 4.69) is 10.2 Å². The number of likely N-dealkylation sites (N-methyl/N-ethyl adjacent to an activating group) is 1. The average molecular weight is 295 g/mol. The van der Waals surface area contributed by atoms with E-state index >= 15 is 0 Å². The van der Waals surface area contributed by atoms with Crippen LogP contribution in [0, 0.1) is 5.82 Å². The predicted octanol–water partition coefficient (Wildman–Crippen LogP) is 3.02. The third-order valence-corrected chi connectivity index (χ3v) is 3.47. The molecule has 1 aliphatic rings. The quantitative estimate of drug-likeness (QED) is 0.634. The molecule has 0 saturated heterocycles. The first-order valence-corrected chi connectivity index (χ1v) is 6.99. The number of rotatable bonds is 3. The Hall–Kier alpha value is -2.82. The number of anilines is 1. The Kier molecular flexibility index (Phi) is 3.78. The maximum atomic E-state index is 13.5. The number of para-hydroxylation sites is 1. The molecule has 1 aliphatic heterocycles. The lowest BCUT2D eigenvalue weighted by molar-refractivity contribution is -0.112. The van der Waals surface area contributed by atoms with Gasteiger partial charge in [0.2, 0.25) is 0 Å². The minimum atomic E-state index is -0.375. The van der Waals surface area contributed by atoms with E-state index in [-0.39, 0.29) is 17.4 Å². The minimum absolute atomic E-state index is 0.186. The molecule has 4 nitrogen and oxygen atoms in total. The van der Waals surface area contributed by atoms with Crippen LogP contribution >= 0.6 is 0 Å². The molecule has 0 bridgehead atoms. The van der Waals surface area contributed by atoms with Gasteiger partial charge < -0.3 is 4.90 Å². The molecule has 0 N–H and O–H groups in total. The molecular formula is C17H14FN3O. The molecule has 2 aromatic carbocycles. The summed E-state index contributed by atoms with van der Waals surface area (Å²) in [4.78, 5) is 14.0. The number of fused-ring (bicyclic) bond motifs is 1. The first kappa shape index (κ1) is 14.1. The lowest BCUT2D eigenvalue weighted by atomic mass is 10.1. The lowest BCUT2D eigenvalue weighted by Crippen LogP contribution is -2.29. The summed E-state index contributed by atoms with van der Waals surface area (Å²) in [7, 11) is 0. The lowest BCUT2D eigenvalue weighted by Gasteiger charge is -2.12. The molecule has 110 valence electrons. The van der Waals surface area contributed by atoms with Gasteiger partial charge in [-0.3, -0.25) is 4.79 Å². The number of hydrogen-bond donors (Lipinski definition) is 0. The van der Waals surface area contributed by atoms with Gasteiger partial charge in [-0.2, -0.15) is 5.10 Å². The normalized spacial score (nSPS) is 15.8. The second-order valence-electron chi connectivity index (χ2n) is 4.78. The van der Waals surface area contributed by atoms with E-state index in [0.29, 0.717) is 12.1 Å². The zero-order valence-electron chi connectivity index (χ0n) is 12.0. The summed E-state index contributed by atoms with van der Waals surface area (Å²) in [5, 5.41) is 7.89. The van der Waals surface area contributed by atoms with Gasteiger partial charge in [0.15, 0.2) is 5.71 Å². The van der Waals surface area contributed by atoms with Gasteiger partial charge in [0, 0.05) is 17.7 Å². The second kappa shape index (κ2) is 5.89. The largest absolute Gasteiger partial charge is 0.307 e. The zero-order chi connectivity index (χ0) is 15.5. The highest BCUT2D eigenvalue weighted by Crippen LogP contribution is 2.28. The summed E-state index contributed by atoms with van der Waals surface area (Å²) in [5.74, 6) is -0.561. The average Bonchev–Trinajstić information content (AvgIpc) is 2.81. The highest BCUT2D eigenvalue weighted by Gasteiger charge is 2.32. The Balaban J connectivity index is 1.95. The Morgan fingerprint density at radius 2 is 1.86 bits per heavy atom. The molecule has 0 atom stereocenters. The summed E-state index contributed by atoms with van der Waals surface area (Å²) < 4.78 is 13.5. The third kappa shape index (κ3) is 2.41. The van der Waals surface area contributed by atoms with Gasteiger partial charge in [-0.25, -0.2) is 4.39 Å². The highest BCUT2D eigenvalue weighted by molar-refractivity contribution is 6.54. The molecule has 0 fully saturated rings. The van der Waals surface area contributed by atoms with E-state index in [4.69, 9.17) is 0 Å². The van der Waals surface area contributed by atoms with Gasteiger partial charge in [-0.15, -0.1) is 5.10 Å². The molecule has 22 heavy (non-hydrogen) atoms. The number of carbonyl (C=O) groups is 1.